The SMILES string of the molecule is O=C1CCCN1Cc1ccc(C(=O)N2CCSCC2)cc1. The van der Waals surface area contributed by atoms with Gasteiger partial charge in [-0.3, -0.25) is 9.59 Å². The van der Waals surface area contributed by atoms with Gasteiger partial charge in [-0.1, -0.05) is 12.1 Å². The minimum absolute atomic E-state index is 0.124. The van der Waals surface area contributed by atoms with Gasteiger partial charge in [-0.25, -0.2) is 0 Å². The molecule has 0 radical (unpaired) electrons. The molecule has 21 heavy (non-hydrogen) atoms. The third-order valence-electron chi connectivity index (χ3n) is 4.04. The molecule has 2 fully saturated rings. The lowest BCUT2D eigenvalue weighted by molar-refractivity contribution is -0.128. The second kappa shape index (κ2) is 6.52. The first-order valence-electron chi connectivity index (χ1n) is 7.48. The number of thioether (sulfide) groups is 1. The van der Waals surface area contributed by atoms with Crippen molar-refractivity contribution in [2.45, 2.75) is 19.4 Å². The summed E-state index contributed by atoms with van der Waals surface area (Å²) in [5, 5.41) is 0. The van der Waals surface area contributed by atoms with E-state index >= 15 is 0 Å². The second-order valence-electron chi connectivity index (χ2n) is 5.52. The summed E-state index contributed by atoms with van der Waals surface area (Å²) in [5.41, 5.74) is 1.84. The molecule has 2 amide bonds. The molecule has 1 aromatic carbocycles. The number of carbonyl (C=O) groups is 2. The summed E-state index contributed by atoms with van der Waals surface area (Å²) >= 11 is 1.90. The summed E-state index contributed by atoms with van der Waals surface area (Å²) in [6.45, 7) is 3.19. The predicted octanol–water partition coefficient (Wildman–Crippen LogP) is 2.00. The summed E-state index contributed by atoms with van der Waals surface area (Å²) in [6, 6.07) is 7.72. The zero-order valence-corrected chi connectivity index (χ0v) is 12.9. The molecule has 3 rings (SSSR count). The van der Waals surface area contributed by atoms with Crippen LogP contribution >= 0.6 is 11.8 Å². The van der Waals surface area contributed by atoms with Crippen LogP contribution in [0.2, 0.25) is 0 Å². The summed E-state index contributed by atoms with van der Waals surface area (Å²) in [7, 11) is 0. The van der Waals surface area contributed by atoms with Crippen LogP contribution in [0.1, 0.15) is 28.8 Å². The van der Waals surface area contributed by atoms with Crippen LogP contribution < -0.4 is 0 Å². The smallest absolute Gasteiger partial charge is 0.253 e. The topological polar surface area (TPSA) is 40.6 Å². The van der Waals surface area contributed by atoms with E-state index in [1.165, 1.54) is 0 Å². The molecule has 0 atom stereocenters. The molecule has 2 aliphatic heterocycles. The van der Waals surface area contributed by atoms with Crippen molar-refractivity contribution in [1.29, 1.82) is 0 Å². The van der Waals surface area contributed by atoms with Gasteiger partial charge in [0.15, 0.2) is 0 Å². The average molecular weight is 304 g/mol. The molecule has 2 heterocycles. The highest BCUT2D eigenvalue weighted by atomic mass is 32.2. The van der Waals surface area contributed by atoms with Gasteiger partial charge in [-0.15, -0.1) is 0 Å². The van der Waals surface area contributed by atoms with Crippen molar-refractivity contribution in [3.05, 3.63) is 35.4 Å². The minimum atomic E-state index is 0.124. The number of benzene rings is 1. The van der Waals surface area contributed by atoms with Crippen LogP contribution in [-0.4, -0.2) is 52.8 Å². The van der Waals surface area contributed by atoms with E-state index in [4.69, 9.17) is 0 Å². The summed E-state index contributed by atoms with van der Waals surface area (Å²) < 4.78 is 0. The third kappa shape index (κ3) is 3.40. The molecule has 5 heteroatoms. The van der Waals surface area contributed by atoms with Gasteiger partial charge < -0.3 is 9.80 Å². The maximum atomic E-state index is 12.4. The van der Waals surface area contributed by atoms with Gasteiger partial charge in [0.05, 0.1) is 0 Å². The van der Waals surface area contributed by atoms with Crippen LogP contribution in [0, 0.1) is 0 Å². The summed E-state index contributed by atoms with van der Waals surface area (Å²) in [4.78, 5) is 27.8. The Morgan fingerprint density at radius 1 is 1.10 bits per heavy atom. The number of carbonyl (C=O) groups excluding carboxylic acids is 2. The molecule has 112 valence electrons. The first-order valence-corrected chi connectivity index (χ1v) is 8.63. The van der Waals surface area contributed by atoms with Gasteiger partial charge in [-0.05, 0) is 24.1 Å². The van der Waals surface area contributed by atoms with Crippen molar-refractivity contribution in [2.24, 2.45) is 0 Å². The Bertz CT molecular complexity index is 524. The van der Waals surface area contributed by atoms with Gasteiger partial charge in [0.1, 0.15) is 0 Å². The molecule has 2 aliphatic rings. The van der Waals surface area contributed by atoms with Crippen LogP contribution in [0.3, 0.4) is 0 Å². The highest BCUT2D eigenvalue weighted by Crippen LogP contribution is 2.16. The van der Waals surface area contributed by atoms with Gasteiger partial charge in [0.2, 0.25) is 5.91 Å². The number of hydrogen-bond acceptors (Lipinski definition) is 3. The van der Waals surface area contributed by atoms with E-state index in [0.29, 0.717) is 13.0 Å². The largest absolute Gasteiger partial charge is 0.338 e. The fourth-order valence-electron chi connectivity index (χ4n) is 2.79. The van der Waals surface area contributed by atoms with E-state index in [1.54, 1.807) is 0 Å². The molecular weight excluding hydrogens is 284 g/mol. The summed E-state index contributed by atoms with van der Waals surface area (Å²) in [6.07, 6.45) is 1.63. The van der Waals surface area contributed by atoms with Gasteiger partial charge in [-0.2, -0.15) is 11.8 Å². The van der Waals surface area contributed by atoms with E-state index in [-0.39, 0.29) is 11.8 Å². The summed E-state index contributed by atoms with van der Waals surface area (Å²) in [5.74, 6) is 2.42. The van der Waals surface area contributed by atoms with Crippen LogP contribution in [-0.2, 0) is 11.3 Å². The number of amides is 2. The van der Waals surface area contributed by atoms with Gasteiger partial charge in [0.25, 0.3) is 5.91 Å². The van der Waals surface area contributed by atoms with E-state index in [0.717, 1.165) is 48.7 Å². The quantitative estimate of drug-likeness (QED) is 0.857. The van der Waals surface area contributed by atoms with Crippen LogP contribution in [0.15, 0.2) is 24.3 Å². The molecule has 0 aliphatic carbocycles. The zero-order valence-electron chi connectivity index (χ0n) is 12.1. The molecule has 4 nitrogen and oxygen atoms in total. The Balaban J connectivity index is 1.63. The third-order valence-corrected chi connectivity index (χ3v) is 4.99. The second-order valence-corrected chi connectivity index (χ2v) is 6.75. The number of likely N-dealkylation sites (tertiary alicyclic amines) is 1. The van der Waals surface area contributed by atoms with Gasteiger partial charge >= 0.3 is 0 Å². The van der Waals surface area contributed by atoms with E-state index < -0.39 is 0 Å². The standard InChI is InChI=1S/C16H20N2O2S/c19-15-2-1-7-18(15)12-13-3-5-14(6-4-13)16(20)17-8-10-21-11-9-17/h3-6H,1-2,7-12H2. The van der Waals surface area contributed by atoms with E-state index in [2.05, 4.69) is 0 Å². The van der Waals surface area contributed by atoms with Crippen molar-refractivity contribution in [3.63, 3.8) is 0 Å². The lowest BCUT2D eigenvalue weighted by Crippen LogP contribution is -2.37. The number of rotatable bonds is 3. The molecular formula is C16H20N2O2S. The highest BCUT2D eigenvalue weighted by Gasteiger charge is 2.21. The first kappa shape index (κ1) is 14.4. The van der Waals surface area contributed by atoms with E-state index in [9.17, 15) is 9.59 Å². The lowest BCUT2D eigenvalue weighted by Gasteiger charge is -2.26. The van der Waals surface area contributed by atoms with Crippen molar-refractivity contribution in [2.75, 3.05) is 31.1 Å². The van der Waals surface area contributed by atoms with Crippen molar-refractivity contribution in [1.82, 2.24) is 9.80 Å². The maximum Gasteiger partial charge on any atom is 0.253 e. The lowest BCUT2D eigenvalue weighted by atomic mass is 10.1. The Labute approximate surface area is 129 Å². The molecule has 2 saturated heterocycles. The average Bonchev–Trinajstić information content (AvgIpc) is 2.93. The van der Waals surface area contributed by atoms with Crippen molar-refractivity contribution < 1.29 is 9.59 Å². The zero-order chi connectivity index (χ0) is 14.7. The first-order chi connectivity index (χ1) is 10.2. The molecule has 0 saturated carbocycles. The fraction of sp³-hybridized carbons (Fsp3) is 0.500. The minimum Gasteiger partial charge on any atom is -0.338 e. The molecule has 0 aromatic heterocycles. The van der Waals surface area contributed by atoms with Crippen LogP contribution in [0.4, 0.5) is 0 Å². The fourth-order valence-corrected chi connectivity index (χ4v) is 3.70. The monoisotopic (exact) mass is 304 g/mol. The van der Waals surface area contributed by atoms with E-state index in [1.807, 2.05) is 45.8 Å². The van der Waals surface area contributed by atoms with Crippen LogP contribution in [0.5, 0.6) is 0 Å². The Morgan fingerprint density at radius 3 is 2.43 bits per heavy atom. The normalized spacial score (nSPS) is 19.1. The highest BCUT2D eigenvalue weighted by molar-refractivity contribution is 7.99. The predicted molar refractivity (Wildman–Crippen MR) is 84.3 cm³/mol. The Kier molecular flexibility index (Phi) is 4.48. The molecule has 0 spiro atoms. The molecule has 0 unspecified atom stereocenters. The maximum absolute atomic E-state index is 12.4. The molecule has 1 aromatic rings. The van der Waals surface area contributed by atoms with Crippen LogP contribution in [0.25, 0.3) is 0 Å². The number of nitrogens with zero attached hydrogens (tertiary/aromatic N) is 2. The Morgan fingerprint density at radius 2 is 1.81 bits per heavy atom. The number of hydrogen-bond donors (Lipinski definition) is 0. The van der Waals surface area contributed by atoms with Crippen molar-refractivity contribution >= 4 is 23.6 Å². The van der Waals surface area contributed by atoms with Gasteiger partial charge in [0, 0.05) is 49.7 Å². The molecule has 0 N–H and O–H groups in total. The molecule has 0 bridgehead atoms. The van der Waals surface area contributed by atoms with Crippen molar-refractivity contribution in [3.8, 4) is 0 Å². The Hall–Kier alpha value is -1.49.